The number of hydrogen-bond donors (Lipinski definition) is 2. The van der Waals surface area contributed by atoms with Crippen molar-refractivity contribution in [2.24, 2.45) is 5.92 Å². The van der Waals surface area contributed by atoms with Crippen molar-refractivity contribution in [2.75, 3.05) is 25.1 Å². The number of imide groups is 1. The Balaban J connectivity index is 1.08. The molecule has 0 spiro atoms. The van der Waals surface area contributed by atoms with Crippen molar-refractivity contribution in [2.45, 2.75) is 18.8 Å². The normalized spacial score (nSPS) is 18.5. The predicted molar refractivity (Wildman–Crippen MR) is 125 cm³/mol. The fourth-order valence-corrected chi connectivity index (χ4v) is 4.07. The van der Waals surface area contributed by atoms with Gasteiger partial charge in [0, 0.05) is 18.2 Å². The van der Waals surface area contributed by atoms with Crippen LogP contribution in [0.3, 0.4) is 0 Å². The van der Waals surface area contributed by atoms with E-state index in [0.29, 0.717) is 36.8 Å². The molecule has 174 valence electrons. The number of ether oxygens (including phenoxy) is 3. The van der Waals surface area contributed by atoms with Gasteiger partial charge in [0.2, 0.25) is 0 Å². The lowest BCUT2D eigenvalue weighted by Gasteiger charge is -2.11. The maximum absolute atomic E-state index is 12.4. The van der Waals surface area contributed by atoms with Crippen LogP contribution < -0.4 is 20.1 Å². The van der Waals surface area contributed by atoms with Gasteiger partial charge in [0.1, 0.15) is 0 Å². The number of hydrogen-bond acceptors (Lipinski definition) is 6. The van der Waals surface area contributed by atoms with E-state index in [2.05, 4.69) is 16.7 Å². The minimum absolute atomic E-state index is 0.0860. The molecule has 1 fully saturated rings. The molecule has 1 saturated carbocycles. The van der Waals surface area contributed by atoms with Crippen molar-refractivity contribution >= 4 is 34.4 Å². The minimum atomic E-state index is -0.726. The van der Waals surface area contributed by atoms with E-state index in [9.17, 15) is 14.4 Å². The summed E-state index contributed by atoms with van der Waals surface area (Å²) >= 11 is 0. The Bertz CT molecular complexity index is 1260. The Hall–Kier alpha value is -4.07. The largest absolute Gasteiger partial charge is 0.490 e. The number of nitrogens with one attached hydrogen (secondary N) is 2. The third-order valence-electron chi connectivity index (χ3n) is 5.90. The molecule has 0 bridgehead atoms. The van der Waals surface area contributed by atoms with Crippen molar-refractivity contribution in [3.8, 4) is 11.5 Å². The monoisotopic (exact) mass is 460 g/mol. The highest BCUT2D eigenvalue weighted by atomic mass is 16.5. The maximum Gasteiger partial charge on any atom is 0.325 e. The van der Waals surface area contributed by atoms with Crippen molar-refractivity contribution in [3.63, 3.8) is 0 Å². The highest BCUT2D eigenvalue weighted by Gasteiger charge is 2.45. The van der Waals surface area contributed by atoms with Gasteiger partial charge in [0.25, 0.3) is 5.91 Å². The number of amides is 3. The Kier molecular flexibility index (Phi) is 6.03. The van der Waals surface area contributed by atoms with Gasteiger partial charge in [-0.2, -0.15) is 0 Å². The molecule has 1 heterocycles. The quantitative estimate of drug-likeness (QED) is 0.558. The minimum Gasteiger partial charge on any atom is -0.490 e. The summed E-state index contributed by atoms with van der Waals surface area (Å²) in [6.45, 7) is 0.570. The smallest absolute Gasteiger partial charge is 0.325 e. The summed E-state index contributed by atoms with van der Waals surface area (Å²) in [6.07, 6.45) is 1.46. The Morgan fingerprint density at radius 3 is 2.56 bits per heavy atom. The van der Waals surface area contributed by atoms with Crippen LogP contribution in [0.15, 0.2) is 60.7 Å². The van der Waals surface area contributed by atoms with Crippen LogP contribution in [-0.2, 0) is 14.3 Å². The van der Waals surface area contributed by atoms with E-state index in [1.165, 1.54) is 0 Å². The first kappa shape index (κ1) is 21.8. The molecule has 2 unspecified atom stereocenters. The lowest BCUT2D eigenvalue weighted by molar-refractivity contribution is -0.149. The zero-order valence-corrected chi connectivity index (χ0v) is 18.4. The lowest BCUT2D eigenvalue weighted by Crippen LogP contribution is -2.37. The average Bonchev–Trinajstić information content (AvgIpc) is 3.66. The molecule has 1 aliphatic heterocycles. The summed E-state index contributed by atoms with van der Waals surface area (Å²) in [6, 6.07) is 18.5. The van der Waals surface area contributed by atoms with Crippen molar-refractivity contribution in [3.05, 3.63) is 66.2 Å². The van der Waals surface area contributed by atoms with Gasteiger partial charge in [-0.1, -0.05) is 42.5 Å². The Morgan fingerprint density at radius 2 is 1.71 bits per heavy atom. The first-order valence-corrected chi connectivity index (χ1v) is 11.2. The van der Waals surface area contributed by atoms with Crippen LogP contribution in [0.5, 0.6) is 11.5 Å². The van der Waals surface area contributed by atoms with E-state index in [4.69, 9.17) is 14.2 Å². The number of carbonyl (C=O) groups is 3. The number of fused-ring (bicyclic) bond motifs is 2. The zero-order valence-electron chi connectivity index (χ0n) is 18.4. The van der Waals surface area contributed by atoms with Crippen LogP contribution in [-0.4, -0.2) is 37.7 Å². The fourth-order valence-electron chi connectivity index (χ4n) is 4.07. The van der Waals surface area contributed by atoms with Gasteiger partial charge in [0.15, 0.2) is 18.1 Å². The van der Waals surface area contributed by atoms with Crippen LogP contribution in [0.1, 0.15) is 24.3 Å². The molecule has 3 aromatic carbocycles. The topological polar surface area (TPSA) is 103 Å². The number of esters is 1. The molecule has 3 amide bonds. The molecule has 0 aromatic heterocycles. The first-order chi connectivity index (χ1) is 16.6. The van der Waals surface area contributed by atoms with Crippen LogP contribution >= 0.6 is 0 Å². The molecule has 8 heteroatoms. The summed E-state index contributed by atoms with van der Waals surface area (Å²) in [5.41, 5.74) is 1.53. The standard InChI is InChI=1S/C26H24N2O6/c29-24(28-26(31)27-19-8-9-22-23(13-19)33-11-3-10-32-22)15-34-25(30)21-14-20(21)18-7-6-16-4-1-2-5-17(16)12-18/h1-2,4-9,12-13,20-21H,3,10-11,14-15H2,(H2,27,28,29,31). The summed E-state index contributed by atoms with van der Waals surface area (Å²) < 4.78 is 16.3. The molecule has 5 rings (SSSR count). The van der Waals surface area contributed by atoms with Crippen molar-refractivity contribution < 1.29 is 28.6 Å². The molecular weight excluding hydrogens is 436 g/mol. The highest BCUT2D eigenvalue weighted by molar-refractivity contribution is 6.02. The van der Waals surface area contributed by atoms with Crippen LogP contribution in [0.2, 0.25) is 0 Å². The molecule has 34 heavy (non-hydrogen) atoms. The van der Waals surface area contributed by atoms with Crippen LogP contribution in [0, 0.1) is 5.92 Å². The van der Waals surface area contributed by atoms with Crippen molar-refractivity contribution in [1.29, 1.82) is 0 Å². The summed E-state index contributed by atoms with van der Waals surface area (Å²) in [5, 5.41) is 6.99. The lowest BCUT2D eigenvalue weighted by atomic mass is 10.0. The van der Waals surface area contributed by atoms with E-state index in [0.717, 1.165) is 22.8 Å². The second-order valence-corrected chi connectivity index (χ2v) is 8.38. The third-order valence-corrected chi connectivity index (χ3v) is 5.90. The predicted octanol–water partition coefficient (Wildman–Crippen LogP) is 4.00. The Labute approximate surface area is 196 Å². The number of urea groups is 1. The molecule has 0 saturated heterocycles. The molecular formula is C26H24N2O6. The number of anilines is 1. The molecule has 2 atom stereocenters. The maximum atomic E-state index is 12.4. The number of benzene rings is 3. The van der Waals surface area contributed by atoms with Gasteiger partial charge in [0.05, 0.1) is 19.1 Å². The van der Waals surface area contributed by atoms with E-state index < -0.39 is 24.5 Å². The van der Waals surface area contributed by atoms with Gasteiger partial charge in [-0.25, -0.2) is 4.79 Å². The SMILES string of the molecule is O=C(COC(=O)C1CC1c1ccc2ccccc2c1)NC(=O)Nc1ccc2c(c1)OCCCO2. The molecule has 2 N–H and O–H groups in total. The van der Waals surface area contributed by atoms with E-state index in [-0.39, 0.29) is 11.8 Å². The van der Waals surface area contributed by atoms with Crippen LogP contribution in [0.25, 0.3) is 10.8 Å². The fraction of sp³-hybridized carbons (Fsp3) is 0.269. The number of carbonyl (C=O) groups excluding carboxylic acids is 3. The number of rotatable bonds is 5. The summed E-state index contributed by atoms with van der Waals surface area (Å²) in [7, 11) is 0. The molecule has 1 aliphatic carbocycles. The van der Waals surface area contributed by atoms with Gasteiger partial charge < -0.3 is 19.5 Å². The van der Waals surface area contributed by atoms with Gasteiger partial charge >= 0.3 is 12.0 Å². The van der Waals surface area contributed by atoms with Gasteiger partial charge in [-0.15, -0.1) is 0 Å². The van der Waals surface area contributed by atoms with Gasteiger partial charge in [-0.05, 0) is 40.8 Å². The highest BCUT2D eigenvalue weighted by Crippen LogP contribution is 2.48. The Morgan fingerprint density at radius 1 is 0.912 bits per heavy atom. The van der Waals surface area contributed by atoms with Crippen LogP contribution in [0.4, 0.5) is 10.5 Å². The molecule has 3 aromatic rings. The summed E-state index contributed by atoms with van der Waals surface area (Å²) in [4.78, 5) is 36.6. The van der Waals surface area contributed by atoms with E-state index in [1.807, 2.05) is 36.4 Å². The summed E-state index contributed by atoms with van der Waals surface area (Å²) in [5.74, 6) is -0.193. The first-order valence-electron chi connectivity index (χ1n) is 11.2. The van der Waals surface area contributed by atoms with E-state index >= 15 is 0 Å². The second-order valence-electron chi connectivity index (χ2n) is 8.38. The van der Waals surface area contributed by atoms with Gasteiger partial charge in [-0.3, -0.25) is 14.9 Å². The average molecular weight is 460 g/mol. The second kappa shape index (κ2) is 9.43. The van der Waals surface area contributed by atoms with Crippen molar-refractivity contribution in [1.82, 2.24) is 5.32 Å². The molecule has 2 aliphatic rings. The molecule has 8 nitrogen and oxygen atoms in total. The zero-order chi connectivity index (χ0) is 23.5. The van der Waals surface area contributed by atoms with E-state index in [1.54, 1.807) is 18.2 Å². The third kappa shape index (κ3) is 4.96. The molecule has 0 radical (unpaired) electrons.